The van der Waals surface area contributed by atoms with Crippen LogP contribution >= 0.6 is 11.3 Å². The standard InChI is InChI=1S/C19H25NOS/c1-13-7-9-15(10-8-13)11-14(2)20-19(21)18-12-16-5-3-4-6-17(16)22-18/h3-6,12-15H,7-11H2,1-2H3,(H,20,21). The number of benzene rings is 1. The molecule has 118 valence electrons. The van der Waals surface area contributed by atoms with Gasteiger partial charge in [-0.15, -0.1) is 11.3 Å². The molecule has 1 fully saturated rings. The molecule has 0 bridgehead atoms. The Kier molecular flexibility index (Phi) is 4.82. The lowest BCUT2D eigenvalue weighted by molar-refractivity contribution is 0.0936. The fraction of sp³-hybridized carbons (Fsp3) is 0.526. The van der Waals surface area contributed by atoms with Crippen LogP contribution in [0.4, 0.5) is 0 Å². The van der Waals surface area contributed by atoms with E-state index in [0.717, 1.165) is 28.5 Å². The van der Waals surface area contributed by atoms with E-state index in [1.165, 1.54) is 30.4 Å². The number of rotatable bonds is 4. The van der Waals surface area contributed by atoms with Crippen molar-refractivity contribution in [3.05, 3.63) is 35.2 Å². The molecule has 1 amide bonds. The van der Waals surface area contributed by atoms with Crippen LogP contribution in [0.5, 0.6) is 0 Å². The van der Waals surface area contributed by atoms with Crippen molar-refractivity contribution in [2.75, 3.05) is 0 Å². The molecule has 1 N–H and O–H groups in total. The summed E-state index contributed by atoms with van der Waals surface area (Å²) in [5.74, 6) is 1.76. The molecule has 0 saturated heterocycles. The summed E-state index contributed by atoms with van der Waals surface area (Å²) in [4.78, 5) is 13.2. The molecule has 1 aliphatic rings. The third-order valence-corrected chi connectivity index (χ3v) is 5.96. The third kappa shape index (κ3) is 3.70. The lowest BCUT2D eigenvalue weighted by Crippen LogP contribution is -2.34. The van der Waals surface area contributed by atoms with Gasteiger partial charge >= 0.3 is 0 Å². The van der Waals surface area contributed by atoms with Crippen molar-refractivity contribution in [3.8, 4) is 0 Å². The summed E-state index contributed by atoms with van der Waals surface area (Å²) in [7, 11) is 0. The molecule has 1 aromatic carbocycles. The molecule has 1 aromatic heterocycles. The monoisotopic (exact) mass is 315 g/mol. The molecule has 3 rings (SSSR count). The Bertz CT molecular complexity index is 607. The molecule has 1 unspecified atom stereocenters. The van der Waals surface area contributed by atoms with Gasteiger partial charge in [0.25, 0.3) is 5.91 Å². The summed E-state index contributed by atoms with van der Waals surface area (Å²) in [5.41, 5.74) is 0. The third-order valence-electron chi connectivity index (χ3n) is 4.85. The van der Waals surface area contributed by atoms with Crippen LogP contribution in [0, 0.1) is 11.8 Å². The first kappa shape index (κ1) is 15.5. The molecule has 1 saturated carbocycles. The Hall–Kier alpha value is -1.35. The van der Waals surface area contributed by atoms with Crippen LogP contribution < -0.4 is 5.32 Å². The van der Waals surface area contributed by atoms with E-state index in [9.17, 15) is 4.79 Å². The van der Waals surface area contributed by atoms with Crippen molar-refractivity contribution < 1.29 is 4.79 Å². The average molecular weight is 315 g/mol. The zero-order valence-corrected chi connectivity index (χ0v) is 14.3. The topological polar surface area (TPSA) is 29.1 Å². The highest BCUT2D eigenvalue weighted by atomic mass is 32.1. The maximum absolute atomic E-state index is 12.4. The van der Waals surface area contributed by atoms with Crippen molar-refractivity contribution in [1.82, 2.24) is 5.32 Å². The molecule has 3 heteroatoms. The smallest absolute Gasteiger partial charge is 0.261 e. The molecule has 1 atom stereocenters. The maximum atomic E-state index is 12.4. The second-order valence-corrected chi connectivity index (χ2v) is 7.97. The molecule has 1 heterocycles. The normalized spacial score (nSPS) is 23.4. The molecule has 1 aliphatic carbocycles. The molecule has 2 nitrogen and oxygen atoms in total. The highest BCUT2D eigenvalue weighted by Gasteiger charge is 2.21. The van der Waals surface area contributed by atoms with E-state index >= 15 is 0 Å². The predicted molar refractivity (Wildman–Crippen MR) is 94.5 cm³/mol. The number of hydrogen-bond acceptors (Lipinski definition) is 2. The number of fused-ring (bicyclic) bond motifs is 1. The first-order chi connectivity index (χ1) is 10.6. The van der Waals surface area contributed by atoms with E-state index < -0.39 is 0 Å². The highest BCUT2D eigenvalue weighted by molar-refractivity contribution is 7.20. The fourth-order valence-electron chi connectivity index (χ4n) is 3.51. The van der Waals surface area contributed by atoms with Gasteiger partial charge in [0, 0.05) is 10.7 Å². The Morgan fingerprint density at radius 1 is 1.27 bits per heavy atom. The summed E-state index contributed by atoms with van der Waals surface area (Å²) in [5, 5.41) is 4.35. The van der Waals surface area contributed by atoms with Gasteiger partial charge in [-0.3, -0.25) is 4.79 Å². The van der Waals surface area contributed by atoms with Crippen molar-refractivity contribution in [1.29, 1.82) is 0 Å². The molecule has 22 heavy (non-hydrogen) atoms. The van der Waals surface area contributed by atoms with Crippen LogP contribution in [0.2, 0.25) is 0 Å². The number of carbonyl (C=O) groups excluding carboxylic acids is 1. The molecule has 0 spiro atoms. The first-order valence-electron chi connectivity index (χ1n) is 8.41. The molecule has 0 radical (unpaired) electrons. The van der Waals surface area contributed by atoms with Crippen LogP contribution in [-0.2, 0) is 0 Å². The first-order valence-corrected chi connectivity index (χ1v) is 9.23. The van der Waals surface area contributed by atoms with Crippen LogP contribution in [0.3, 0.4) is 0 Å². The van der Waals surface area contributed by atoms with E-state index in [1.807, 2.05) is 18.2 Å². The highest BCUT2D eigenvalue weighted by Crippen LogP contribution is 2.31. The summed E-state index contributed by atoms with van der Waals surface area (Å²) >= 11 is 1.58. The number of nitrogens with one attached hydrogen (secondary N) is 1. The van der Waals surface area contributed by atoms with Crippen LogP contribution in [-0.4, -0.2) is 11.9 Å². The SMILES string of the molecule is CC1CCC(CC(C)NC(=O)c2cc3ccccc3s2)CC1. The zero-order chi connectivity index (χ0) is 15.5. The van der Waals surface area contributed by atoms with E-state index in [0.29, 0.717) is 0 Å². The van der Waals surface area contributed by atoms with Crippen molar-refractivity contribution >= 4 is 27.3 Å². The maximum Gasteiger partial charge on any atom is 0.261 e. The summed E-state index contributed by atoms with van der Waals surface area (Å²) < 4.78 is 1.18. The Morgan fingerprint density at radius 2 is 2.00 bits per heavy atom. The van der Waals surface area contributed by atoms with Crippen LogP contribution in [0.1, 0.15) is 55.6 Å². The van der Waals surface area contributed by atoms with Gasteiger partial charge in [-0.05, 0) is 42.7 Å². The Morgan fingerprint density at radius 3 is 2.73 bits per heavy atom. The van der Waals surface area contributed by atoms with Crippen LogP contribution in [0.15, 0.2) is 30.3 Å². The zero-order valence-electron chi connectivity index (χ0n) is 13.5. The van der Waals surface area contributed by atoms with E-state index in [2.05, 4.69) is 31.3 Å². The Balaban J connectivity index is 1.56. The van der Waals surface area contributed by atoms with Gasteiger partial charge in [0.15, 0.2) is 0 Å². The fourth-order valence-corrected chi connectivity index (χ4v) is 4.48. The van der Waals surface area contributed by atoms with Gasteiger partial charge < -0.3 is 5.32 Å². The van der Waals surface area contributed by atoms with E-state index in [4.69, 9.17) is 0 Å². The lowest BCUT2D eigenvalue weighted by Gasteiger charge is -2.28. The van der Waals surface area contributed by atoms with Gasteiger partial charge in [0.1, 0.15) is 0 Å². The summed E-state index contributed by atoms with van der Waals surface area (Å²) in [6.07, 6.45) is 6.46. The van der Waals surface area contributed by atoms with Crippen molar-refractivity contribution in [3.63, 3.8) is 0 Å². The number of amides is 1. The van der Waals surface area contributed by atoms with Gasteiger partial charge in [-0.2, -0.15) is 0 Å². The molecule has 2 aromatic rings. The number of thiophene rings is 1. The van der Waals surface area contributed by atoms with Crippen LogP contribution in [0.25, 0.3) is 10.1 Å². The van der Waals surface area contributed by atoms with E-state index in [1.54, 1.807) is 11.3 Å². The average Bonchev–Trinajstić information content (AvgIpc) is 2.93. The molecule has 0 aliphatic heterocycles. The minimum absolute atomic E-state index is 0.0814. The van der Waals surface area contributed by atoms with Gasteiger partial charge in [-0.1, -0.05) is 50.8 Å². The second kappa shape index (κ2) is 6.82. The minimum Gasteiger partial charge on any atom is -0.349 e. The molecular formula is C19H25NOS. The number of hydrogen-bond donors (Lipinski definition) is 1. The summed E-state index contributed by atoms with van der Waals surface area (Å²) in [6.45, 7) is 4.49. The number of carbonyl (C=O) groups is 1. The largest absolute Gasteiger partial charge is 0.349 e. The van der Waals surface area contributed by atoms with Crippen molar-refractivity contribution in [2.45, 2.75) is 52.0 Å². The quantitative estimate of drug-likeness (QED) is 0.821. The van der Waals surface area contributed by atoms with Gasteiger partial charge in [0.2, 0.25) is 0 Å². The minimum atomic E-state index is 0.0814. The van der Waals surface area contributed by atoms with Gasteiger partial charge in [-0.25, -0.2) is 0 Å². The Labute approximate surface area is 136 Å². The molecular weight excluding hydrogens is 290 g/mol. The predicted octanol–water partition coefficient (Wildman–Crippen LogP) is 5.24. The lowest BCUT2D eigenvalue weighted by atomic mass is 9.80. The van der Waals surface area contributed by atoms with Crippen molar-refractivity contribution in [2.24, 2.45) is 11.8 Å². The van der Waals surface area contributed by atoms with Gasteiger partial charge in [0.05, 0.1) is 4.88 Å². The van der Waals surface area contributed by atoms with E-state index in [-0.39, 0.29) is 11.9 Å². The summed E-state index contributed by atoms with van der Waals surface area (Å²) in [6, 6.07) is 10.4. The second-order valence-electron chi connectivity index (χ2n) is 6.88.